The van der Waals surface area contributed by atoms with E-state index in [9.17, 15) is 0 Å². The van der Waals surface area contributed by atoms with Gasteiger partial charge < -0.3 is 9.80 Å². The number of hydrogen-bond acceptors (Lipinski definition) is 2. The summed E-state index contributed by atoms with van der Waals surface area (Å²) in [5.41, 5.74) is 11.7. The average Bonchev–Trinajstić information content (AvgIpc) is 3.03. The van der Waals surface area contributed by atoms with Crippen molar-refractivity contribution in [1.82, 2.24) is 0 Å². The van der Waals surface area contributed by atoms with Gasteiger partial charge in [0.25, 0.3) is 0 Å². The van der Waals surface area contributed by atoms with Gasteiger partial charge in [0.2, 0.25) is 0 Å². The summed E-state index contributed by atoms with van der Waals surface area (Å²) in [5, 5.41) is 0. The number of hydrogen-bond donors (Lipinski definition) is 0. The van der Waals surface area contributed by atoms with Crippen LogP contribution < -0.4 is 9.80 Å². The first-order chi connectivity index (χ1) is 21.4. The van der Waals surface area contributed by atoms with Gasteiger partial charge in [0.1, 0.15) is 0 Å². The molecule has 0 heterocycles. The van der Waals surface area contributed by atoms with Crippen LogP contribution in [0.2, 0.25) is 0 Å². The first-order valence-electron chi connectivity index (χ1n) is 14.2. The molecular formula is C38H32I3N2V. The zero-order valence-corrected chi connectivity index (χ0v) is 32.4. The van der Waals surface area contributed by atoms with Crippen molar-refractivity contribution in [2.75, 3.05) is 9.80 Å². The van der Waals surface area contributed by atoms with E-state index in [-0.39, 0.29) is 4.92 Å². The van der Waals surface area contributed by atoms with Crippen LogP contribution in [0.15, 0.2) is 158 Å². The van der Waals surface area contributed by atoms with Crippen LogP contribution >= 0.6 is 59.9 Å². The van der Waals surface area contributed by atoms with Crippen molar-refractivity contribution < 1.29 is 4.92 Å². The van der Waals surface area contributed by atoms with E-state index in [0.29, 0.717) is 0 Å². The molecule has 220 valence electrons. The Hall–Kier alpha value is -2.31. The Labute approximate surface area is 299 Å². The van der Waals surface area contributed by atoms with E-state index in [0.717, 1.165) is 34.1 Å². The molecular weight excluding hydrogens is 916 g/mol. The molecule has 0 aromatic heterocycles. The summed E-state index contributed by atoms with van der Waals surface area (Å²) in [6.07, 6.45) is 0. The van der Waals surface area contributed by atoms with E-state index in [1.807, 2.05) is 0 Å². The van der Waals surface area contributed by atoms with Crippen LogP contribution in [-0.2, 0) is 4.92 Å². The van der Waals surface area contributed by atoms with Gasteiger partial charge >= 0.3 is 64.9 Å². The van der Waals surface area contributed by atoms with E-state index in [2.05, 4.69) is 241 Å². The molecule has 0 spiro atoms. The normalized spacial score (nSPS) is 10.6. The van der Waals surface area contributed by atoms with E-state index in [4.69, 9.17) is 0 Å². The minimum absolute atomic E-state index is 0.278. The Kier molecular flexibility index (Phi) is 12.3. The second kappa shape index (κ2) is 16.3. The number of anilines is 6. The van der Waals surface area contributed by atoms with Crippen LogP contribution in [0.3, 0.4) is 0 Å². The quantitative estimate of drug-likeness (QED) is 0.147. The molecule has 0 aliphatic carbocycles. The molecule has 0 fully saturated rings. The Morgan fingerprint density at radius 1 is 0.364 bits per heavy atom. The number of aryl methyl sites for hydroxylation is 2. The average molecular weight is 948 g/mol. The van der Waals surface area contributed by atoms with Gasteiger partial charge in [-0.3, -0.25) is 0 Å². The Balaban J connectivity index is 0.000000906. The van der Waals surface area contributed by atoms with Gasteiger partial charge in [-0.05, 0) is 109 Å². The third-order valence-electron chi connectivity index (χ3n) is 7.13. The second-order valence-corrected chi connectivity index (χ2v) is 45.7. The number of benzene rings is 6. The fourth-order valence-corrected chi connectivity index (χ4v) is 5.19. The third kappa shape index (κ3) is 8.91. The van der Waals surface area contributed by atoms with Gasteiger partial charge in [0.15, 0.2) is 0 Å². The zero-order chi connectivity index (χ0) is 30.9. The van der Waals surface area contributed by atoms with Crippen molar-refractivity contribution in [1.29, 1.82) is 0 Å². The van der Waals surface area contributed by atoms with Gasteiger partial charge in [0.05, 0.1) is 0 Å². The van der Waals surface area contributed by atoms with Crippen molar-refractivity contribution in [3.8, 4) is 11.1 Å². The first kappa shape index (κ1) is 33.1. The molecule has 6 heteroatoms. The predicted octanol–water partition coefficient (Wildman–Crippen LogP) is 13.6. The van der Waals surface area contributed by atoms with Crippen molar-refractivity contribution in [3.05, 3.63) is 169 Å². The molecule has 0 aliphatic rings. The van der Waals surface area contributed by atoms with Gasteiger partial charge in [0, 0.05) is 34.1 Å². The van der Waals surface area contributed by atoms with E-state index in [1.165, 1.54) is 22.3 Å². The number of halogens is 3. The summed E-state index contributed by atoms with van der Waals surface area (Å²) >= 11 is 7.39. The maximum absolute atomic E-state index is 2.46. The molecule has 0 saturated heterocycles. The molecule has 0 unspecified atom stereocenters. The van der Waals surface area contributed by atoms with Crippen LogP contribution in [0, 0.1) is 13.8 Å². The molecule has 6 aromatic carbocycles. The molecule has 0 atom stereocenters. The van der Waals surface area contributed by atoms with Crippen molar-refractivity contribution in [3.63, 3.8) is 0 Å². The van der Waals surface area contributed by atoms with Crippen molar-refractivity contribution >= 4 is 94.1 Å². The van der Waals surface area contributed by atoms with Crippen LogP contribution in [0.5, 0.6) is 0 Å². The fourth-order valence-electron chi connectivity index (χ4n) is 5.19. The summed E-state index contributed by atoms with van der Waals surface area (Å²) in [6.45, 7) is 4.27. The van der Waals surface area contributed by atoms with Crippen LogP contribution in [0.25, 0.3) is 11.1 Å². The molecule has 44 heavy (non-hydrogen) atoms. The molecule has 6 aromatic rings. The molecule has 0 N–H and O–H groups in total. The second-order valence-electron chi connectivity index (χ2n) is 10.3. The Bertz CT molecular complexity index is 1630. The van der Waals surface area contributed by atoms with Crippen LogP contribution in [-0.4, -0.2) is 0 Å². The predicted molar refractivity (Wildman–Crippen MR) is 213 cm³/mol. The topological polar surface area (TPSA) is 6.48 Å². The molecule has 0 aliphatic heterocycles. The monoisotopic (exact) mass is 948 g/mol. The summed E-state index contributed by atoms with van der Waals surface area (Å²) in [5.74, 6) is 0. The minimum atomic E-state index is -0.278. The van der Waals surface area contributed by atoms with Crippen molar-refractivity contribution in [2.24, 2.45) is 0 Å². The third-order valence-corrected chi connectivity index (χ3v) is 7.13. The maximum atomic E-state index is 2.46. The SMILES string of the molecule is Cc1cccc(N(c2ccccc2)c2ccc(-c3ccc(N(c4ccccc4)c4cccc(C)c4)cc3)cc2)c1.[I][V]([I])[I]. The molecule has 0 radical (unpaired) electrons. The fraction of sp³-hybridized carbons (Fsp3) is 0.0526. The van der Waals surface area contributed by atoms with E-state index >= 15 is 0 Å². The zero-order valence-electron chi connectivity index (χ0n) is 24.5. The summed E-state index contributed by atoms with van der Waals surface area (Å²) in [7, 11) is 0. The molecule has 2 nitrogen and oxygen atoms in total. The summed E-state index contributed by atoms with van der Waals surface area (Å²) < 4.78 is 0. The summed E-state index contributed by atoms with van der Waals surface area (Å²) in [4.78, 5) is 4.33. The Morgan fingerprint density at radius 2 is 0.659 bits per heavy atom. The molecule has 6 rings (SSSR count). The van der Waals surface area contributed by atoms with E-state index in [1.54, 1.807) is 0 Å². The van der Waals surface area contributed by atoms with Crippen LogP contribution in [0.1, 0.15) is 11.1 Å². The Morgan fingerprint density at radius 3 is 0.977 bits per heavy atom. The number of rotatable bonds is 7. The number of para-hydroxylation sites is 2. The van der Waals surface area contributed by atoms with Gasteiger partial charge in [-0.1, -0.05) is 84.9 Å². The van der Waals surface area contributed by atoms with E-state index < -0.39 is 0 Å². The van der Waals surface area contributed by atoms with Crippen LogP contribution in [0.4, 0.5) is 34.1 Å². The van der Waals surface area contributed by atoms with Crippen molar-refractivity contribution in [2.45, 2.75) is 13.8 Å². The standard InChI is InChI=1S/C38H32N2.3HI.V/c1-29-11-9-17-37(27-29)39(33-13-5-3-6-14-33)35-23-19-31(20-24-35)32-21-25-36(26-22-32)40(34-15-7-4-8-16-34)38-18-10-12-30(2)28-38;;;;/h3-28H,1-2H3;3*1H;/q;;;;+3/p-3. The summed E-state index contributed by atoms with van der Waals surface area (Å²) in [6, 6.07) is 56.1. The molecule has 0 saturated carbocycles. The van der Waals surface area contributed by atoms with Gasteiger partial charge in [-0.15, -0.1) is 0 Å². The first-order valence-corrected chi connectivity index (χ1v) is 27.7. The van der Waals surface area contributed by atoms with Gasteiger partial charge in [-0.2, -0.15) is 0 Å². The number of nitrogens with zero attached hydrogens (tertiary/aromatic N) is 2. The molecule has 0 bridgehead atoms. The van der Waals surface area contributed by atoms with Gasteiger partial charge in [-0.25, -0.2) is 0 Å². The molecule has 0 amide bonds.